The fourth-order valence-corrected chi connectivity index (χ4v) is 3.60. The van der Waals surface area contributed by atoms with Gasteiger partial charge in [0.05, 0.1) is 11.8 Å². The molecule has 1 aliphatic carbocycles. The maximum Gasteiger partial charge on any atom is 0.228 e. The van der Waals surface area contributed by atoms with Crippen LogP contribution in [0.3, 0.4) is 0 Å². The largest absolute Gasteiger partial charge is 0.352 e. The van der Waals surface area contributed by atoms with Crippen LogP contribution in [-0.4, -0.2) is 11.8 Å². The van der Waals surface area contributed by atoms with E-state index < -0.39 is 0 Å². The highest BCUT2D eigenvalue weighted by Gasteiger charge is 2.48. The van der Waals surface area contributed by atoms with Crippen LogP contribution in [0, 0.1) is 11.8 Å². The Bertz CT molecular complexity index is 817. The third-order valence-electron chi connectivity index (χ3n) is 5.39. The highest BCUT2D eigenvalue weighted by atomic mass is 16.2. The van der Waals surface area contributed by atoms with Crippen molar-refractivity contribution in [2.75, 3.05) is 5.32 Å². The summed E-state index contributed by atoms with van der Waals surface area (Å²) in [5.41, 5.74) is 4.27. The molecule has 28 heavy (non-hydrogen) atoms. The average molecular weight is 379 g/mol. The third kappa shape index (κ3) is 4.61. The zero-order valence-electron chi connectivity index (χ0n) is 17.2. The van der Waals surface area contributed by atoms with Crippen LogP contribution in [0.1, 0.15) is 62.6 Å². The molecular weight excluding hydrogens is 348 g/mol. The van der Waals surface area contributed by atoms with E-state index in [1.54, 1.807) is 0 Å². The van der Waals surface area contributed by atoms with E-state index in [1.165, 1.54) is 0 Å². The SMILES string of the molecule is CC(C)c1cccc(C(C)C)c1NC(=O)C1CC1C(=O)NCc1ccccc1. The van der Waals surface area contributed by atoms with Crippen LogP contribution in [0.25, 0.3) is 0 Å². The van der Waals surface area contributed by atoms with Crippen LogP contribution in [-0.2, 0) is 16.1 Å². The number of amides is 2. The van der Waals surface area contributed by atoms with Gasteiger partial charge in [0.15, 0.2) is 0 Å². The van der Waals surface area contributed by atoms with Crippen LogP contribution in [0.5, 0.6) is 0 Å². The van der Waals surface area contributed by atoms with Gasteiger partial charge in [-0.3, -0.25) is 9.59 Å². The summed E-state index contributed by atoms with van der Waals surface area (Å²) in [5, 5.41) is 6.09. The minimum absolute atomic E-state index is 0.0368. The molecule has 3 rings (SSSR count). The summed E-state index contributed by atoms with van der Waals surface area (Å²) in [7, 11) is 0. The highest BCUT2D eigenvalue weighted by molar-refractivity contribution is 6.00. The van der Waals surface area contributed by atoms with Gasteiger partial charge in [0.2, 0.25) is 11.8 Å². The van der Waals surface area contributed by atoms with Gasteiger partial charge in [-0.15, -0.1) is 0 Å². The van der Waals surface area contributed by atoms with Crippen molar-refractivity contribution in [3.8, 4) is 0 Å². The Morgan fingerprint density at radius 3 is 2.00 bits per heavy atom. The van der Waals surface area contributed by atoms with E-state index >= 15 is 0 Å². The van der Waals surface area contributed by atoms with Crippen LogP contribution < -0.4 is 10.6 Å². The summed E-state index contributed by atoms with van der Waals surface area (Å²) in [4.78, 5) is 25.2. The molecule has 2 unspecified atom stereocenters. The maximum absolute atomic E-state index is 12.8. The standard InChI is InChI=1S/C24H30N2O2/c1-15(2)18-11-8-12-19(16(3)4)22(18)26-24(28)21-13-20(21)23(27)25-14-17-9-6-5-7-10-17/h5-12,15-16,20-21H,13-14H2,1-4H3,(H,25,27)(H,26,28). The summed E-state index contributed by atoms with van der Waals surface area (Å²) >= 11 is 0. The molecule has 2 N–H and O–H groups in total. The molecule has 1 fully saturated rings. The van der Waals surface area contributed by atoms with Gasteiger partial charge >= 0.3 is 0 Å². The van der Waals surface area contributed by atoms with E-state index in [4.69, 9.17) is 0 Å². The van der Waals surface area contributed by atoms with Crippen molar-refractivity contribution < 1.29 is 9.59 Å². The van der Waals surface area contributed by atoms with Crippen molar-refractivity contribution in [1.82, 2.24) is 5.32 Å². The first-order valence-corrected chi connectivity index (χ1v) is 10.1. The van der Waals surface area contributed by atoms with E-state index in [-0.39, 0.29) is 23.7 Å². The molecule has 0 bridgehead atoms. The Morgan fingerprint density at radius 1 is 0.857 bits per heavy atom. The maximum atomic E-state index is 12.8. The van der Waals surface area contributed by atoms with Gasteiger partial charge in [-0.2, -0.15) is 0 Å². The van der Waals surface area contributed by atoms with Gasteiger partial charge in [-0.05, 0) is 34.9 Å². The molecule has 2 amide bonds. The van der Waals surface area contributed by atoms with Gasteiger partial charge in [-0.25, -0.2) is 0 Å². The van der Waals surface area contributed by atoms with Crippen molar-refractivity contribution in [3.05, 3.63) is 65.2 Å². The zero-order valence-corrected chi connectivity index (χ0v) is 17.2. The second-order valence-electron chi connectivity index (χ2n) is 8.26. The van der Waals surface area contributed by atoms with Gasteiger partial charge < -0.3 is 10.6 Å². The molecule has 0 aliphatic heterocycles. The summed E-state index contributed by atoms with van der Waals surface area (Å²) < 4.78 is 0. The topological polar surface area (TPSA) is 58.2 Å². The first kappa shape index (κ1) is 20.1. The van der Waals surface area contributed by atoms with Crippen LogP contribution in [0.2, 0.25) is 0 Å². The van der Waals surface area contributed by atoms with Gasteiger partial charge in [0.25, 0.3) is 0 Å². The molecule has 0 radical (unpaired) electrons. The smallest absolute Gasteiger partial charge is 0.228 e. The predicted molar refractivity (Wildman–Crippen MR) is 113 cm³/mol. The number of benzene rings is 2. The molecule has 0 spiro atoms. The molecule has 2 atom stereocenters. The zero-order chi connectivity index (χ0) is 20.3. The molecule has 1 aliphatic rings. The van der Waals surface area contributed by atoms with Crippen molar-refractivity contribution in [2.45, 2.75) is 52.5 Å². The molecule has 0 saturated heterocycles. The van der Waals surface area contributed by atoms with E-state index in [9.17, 15) is 9.59 Å². The summed E-state index contributed by atoms with van der Waals surface area (Å²) in [6.45, 7) is 9.02. The summed E-state index contributed by atoms with van der Waals surface area (Å²) in [6.07, 6.45) is 0.618. The van der Waals surface area contributed by atoms with Crippen molar-refractivity contribution in [3.63, 3.8) is 0 Å². The van der Waals surface area contributed by atoms with Gasteiger partial charge in [0, 0.05) is 12.2 Å². The second-order valence-corrected chi connectivity index (χ2v) is 8.26. The summed E-state index contributed by atoms with van der Waals surface area (Å²) in [5.74, 6) is 0.0878. The minimum Gasteiger partial charge on any atom is -0.352 e. The number of hydrogen-bond acceptors (Lipinski definition) is 2. The van der Waals surface area contributed by atoms with Crippen molar-refractivity contribution in [1.29, 1.82) is 0 Å². The fourth-order valence-electron chi connectivity index (χ4n) is 3.60. The summed E-state index contributed by atoms with van der Waals surface area (Å²) in [6, 6.07) is 16.0. The highest BCUT2D eigenvalue weighted by Crippen LogP contribution is 2.41. The quantitative estimate of drug-likeness (QED) is 0.725. The van der Waals surface area contributed by atoms with Crippen LogP contribution in [0.4, 0.5) is 5.69 Å². The number of anilines is 1. The Kier molecular flexibility index (Phi) is 6.18. The van der Waals surface area contributed by atoms with E-state index in [2.05, 4.69) is 56.5 Å². The number of rotatable bonds is 7. The molecule has 4 nitrogen and oxygen atoms in total. The molecule has 1 saturated carbocycles. The van der Waals surface area contributed by atoms with Gasteiger partial charge in [0.1, 0.15) is 0 Å². The molecule has 148 valence electrons. The Morgan fingerprint density at radius 2 is 1.43 bits per heavy atom. The molecule has 0 aromatic heterocycles. The van der Waals surface area contributed by atoms with Gasteiger partial charge in [-0.1, -0.05) is 76.2 Å². The lowest BCUT2D eigenvalue weighted by atomic mass is 9.92. The van der Waals surface area contributed by atoms with E-state index in [0.29, 0.717) is 24.8 Å². The molecule has 4 heteroatoms. The predicted octanol–water partition coefficient (Wildman–Crippen LogP) is 4.82. The first-order chi connectivity index (χ1) is 13.4. The van der Waals surface area contributed by atoms with E-state index in [1.807, 2.05) is 30.3 Å². The lowest BCUT2D eigenvalue weighted by molar-refractivity contribution is -0.125. The number of para-hydroxylation sites is 1. The van der Waals surface area contributed by atoms with Crippen LogP contribution >= 0.6 is 0 Å². The van der Waals surface area contributed by atoms with Crippen molar-refractivity contribution >= 4 is 17.5 Å². The lowest BCUT2D eigenvalue weighted by Crippen LogP contribution is -2.27. The second kappa shape index (κ2) is 8.59. The number of carbonyl (C=O) groups is 2. The lowest BCUT2D eigenvalue weighted by Gasteiger charge is -2.20. The monoisotopic (exact) mass is 378 g/mol. The molecule has 0 heterocycles. The molecule has 2 aromatic carbocycles. The van der Waals surface area contributed by atoms with Crippen molar-refractivity contribution in [2.24, 2.45) is 11.8 Å². The Hall–Kier alpha value is -2.62. The van der Waals surface area contributed by atoms with Crippen LogP contribution in [0.15, 0.2) is 48.5 Å². The molecular formula is C24H30N2O2. The fraction of sp³-hybridized carbons (Fsp3) is 0.417. The third-order valence-corrected chi connectivity index (χ3v) is 5.39. The van der Waals surface area contributed by atoms with E-state index in [0.717, 1.165) is 22.4 Å². The number of carbonyl (C=O) groups excluding carboxylic acids is 2. The molecule has 2 aromatic rings. The average Bonchev–Trinajstić information content (AvgIpc) is 3.47. The minimum atomic E-state index is -0.240. The number of hydrogen-bond donors (Lipinski definition) is 2. The Labute approximate surface area is 167 Å². The normalized spacial score (nSPS) is 18.2. The Balaban J connectivity index is 1.63. The number of nitrogens with one attached hydrogen (secondary N) is 2. The first-order valence-electron chi connectivity index (χ1n) is 10.1.